The zero-order valence-corrected chi connectivity index (χ0v) is 15.4. The van der Waals surface area contributed by atoms with Crippen LogP contribution in [0.3, 0.4) is 0 Å². The van der Waals surface area contributed by atoms with E-state index in [1.807, 2.05) is 18.2 Å². The summed E-state index contributed by atoms with van der Waals surface area (Å²) in [6.45, 7) is 0.906. The molecular formula is C18H21NO6S. The fourth-order valence-electron chi connectivity index (χ4n) is 2.71. The van der Waals surface area contributed by atoms with E-state index in [2.05, 4.69) is 4.72 Å². The molecule has 1 aliphatic rings. The van der Waals surface area contributed by atoms with Crippen molar-refractivity contribution in [1.29, 1.82) is 0 Å². The average molecular weight is 379 g/mol. The van der Waals surface area contributed by atoms with Crippen molar-refractivity contribution >= 4 is 10.0 Å². The van der Waals surface area contributed by atoms with Crippen molar-refractivity contribution in [2.45, 2.75) is 11.0 Å². The van der Waals surface area contributed by atoms with Gasteiger partial charge in [-0.15, -0.1) is 0 Å². The molecule has 0 radical (unpaired) electrons. The van der Waals surface area contributed by atoms with Gasteiger partial charge >= 0.3 is 0 Å². The van der Waals surface area contributed by atoms with Gasteiger partial charge in [-0.1, -0.05) is 18.2 Å². The smallest absolute Gasteiger partial charge is 0.240 e. The lowest BCUT2D eigenvalue weighted by atomic mass is 10.1. The highest BCUT2D eigenvalue weighted by molar-refractivity contribution is 7.89. The largest absolute Gasteiger partial charge is 0.496 e. The Balaban J connectivity index is 1.76. The van der Waals surface area contributed by atoms with Gasteiger partial charge in [0.1, 0.15) is 19.0 Å². The number of benzene rings is 2. The molecule has 3 rings (SSSR count). The second kappa shape index (κ2) is 7.94. The maximum Gasteiger partial charge on any atom is 0.240 e. The van der Waals surface area contributed by atoms with Crippen molar-refractivity contribution in [2.75, 3.05) is 34.0 Å². The summed E-state index contributed by atoms with van der Waals surface area (Å²) in [5.74, 6) is 1.60. The number of fused-ring (bicyclic) bond motifs is 1. The molecule has 1 aliphatic heterocycles. The molecule has 0 fully saturated rings. The van der Waals surface area contributed by atoms with Crippen LogP contribution in [0.15, 0.2) is 47.4 Å². The Morgan fingerprint density at radius 1 is 1.08 bits per heavy atom. The quantitative estimate of drug-likeness (QED) is 0.794. The molecule has 1 unspecified atom stereocenters. The lowest BCUT2D eigenvalue weighted by Gasteiger charge is -2.20. The van der Waals surface area contributed by atoms with Crippen molar-refractivity contribution < 1.29 is 27.4 Å². The van der Waals surface area contributed by atoms with Crippen LogP contribution in [0, 0.1) is 0 Å². The van der Waals surface area contributed by atoms with Gasteiger partial charge in [-0.05, 0) is 18.2 Å². The summed E-state index contributed by atoms with van der Waals surface area (Å²) in [5.41, 5.74) is 0.766. The molecule has 0 bridgehead atoms. The fraction of sp³-hybridized carbons (Fsp3) is 0.333. The molecule has 2 aromatic carbocycles. The lowest BCUT2D eigenvalue weighted by Crippen LogP contribution is -2.29. The Morgan fingerprint density at radius 3 is 2.54 bits per heavy atom. The Kier molecular flexibility index (Phi) is 5.65. The van der Waals surface area contributed by atoms with Gasteiger partial charge in [0, 0.05) is 25.3 Å². The highest BCUT2D eigenvalue weighted by atomic mass is 32.2. The Labute approximate surface area is 152 Å². The average Bonchev–Trinajstić information content (AvgIpc) is 2.68. The molecule has 0 saturated carbocycles. The van der Waals surface area contributed by atoms with E-state index < -0.39 is 16.1 Å². The molecule has 0 aromatic heterocycles. The first kappa shape index (κ1) is 18.5. The monoisotopic (exact) mass is 379 g/mol. The third-order valence-corrected chi connectivity index (χ3v) is 5.47. The summed E-state index contributed by atoms with van der Waals surface area (Å²) in [4.78, 5) is 0.108. The van der Waals surface area contributed by atoms with Crippen LogP contribution in [0.5, 0.6) is 17.2 Å². The van der Waals surface area contributed by atoms with E-state index in [-0.39, 0.29) is 11.4 Å². The van der Waals surface area contributed by atoms with Crippen LogP contribution >= 0.6 is 0 Å². The number of para-hydroxylation sites is 1. The van der Waals surface area contributed by atoms with Crippen molar-refractivity contribution in [2.24, 2.45) is 0 Å². The number of hydrogen-bond donors (Lipinski definition) is 1. The number of methoxy groups -OCH3 is 2. The Bertz CT molecular complexity index is 868. The molecule has 1 N–H and O–H groups in total. The van der Waals surface area contributed by atoms with Crippen molar-refractivity contribution in [3.8, 4) is 17.2 Å². The van der Waals surface area contributed by atoms with Crippen LogP contribution < -0.4 is 18.9 Å². The molecule has 1 heterocycles. The van der Waals surface area contributed by atoms with Crippen LogP contribution in [0.2, 0.25) is 0 Å². The first-order valence-electron chi connectivity index (χ1n) is 8.10. The molecule has 0 saturated heterocycles. The predicted octanol–water partition coefficient (Wildman–Crippen LogP) is 2.13. The minimum Gasteiger partial charge on any atom is -0.496 e. The highest BCUT2D eigenvalue weighted by Gasteiger charge is 2.22. The number of rotatable bonds is 7. The number of sulfonamides is 1. The molecule has 1 atom stereocenters. The summed E-state index contributed by atoms with van der Waals surface area (Å²) in [6.07, 6.45) is -0.488. The van der Waals surface area contributed by atoms with E-state index in [9.17, 15) is 8.42 Å². The van der Waals surface area contributed by atoms with Gasteiger partial charge in [-0.3, -0.25) is 0 Å². The molecule has 0 spiro atoms. The summed E-state index contributed by atoms with van der Waals surface area (Å²) >= 11 is 0. The second-order valence-electron chi connectivity index (χ2n) is 5.62. The lowest BCUT2D eigenvalue weighted by molar-refractivity contribution is 0.105. The van der Waals surface area contributed by atoms with Gasteiger partial charge in [0.2, 0.25) is 10.0 Å². The Morgan fingerprint density at radius 2 is 1.81 bits per heavy atom. The van der Waals surface area contributed by atoms with Crippen LogP contribution in [0.1, 0.15) is 11.7 Å². The normalized spacial score (nSPS) is 14.7. The van der Waals surface area contributed by atoms with E-state index in [0.29, 0.717) is 30.5 Å². The summed E-state index contributed by atoms with van der Waals surface area (Å²) in [6, 6.07) is 11.9. The van der Waals surface area contributed by atoms with E-state index in [0.717, 1.165) is 5.56 Å². The van der Waals surface area contributed by atoms with Crippen LogP contribution in [0.4, 0.5) is 0 Å². The van der Waals surface area contributed by atoms with Crippen LogP contribution in [-0.2, 0) is 14.8 Å². The highest BCUT2D eigenvalue weighted by Crippen LogP contribution is 2.32. The predicted molar refractivity (Wildman–Crippen MR) is 95.4 cm³/mol. The van der Waals surface area contributed by atoms with Crippen molar-refractivity contribution in [3.05, 3.63) is 48.0 Å². The van der Waals surface area contributed by atoms with Gasteiger partial charge in [-0.2, -0.15) is 0 Å². The summed E-state index contributed by atoms with van der Waals surface area (Å²) in [7, 11) is -0.649. The molecule has 2 aromatic rings. The molecular weight excluding hydrogens is 358 g/mol. The van der Waals surface area contributed by atoms with E-state index in [4.69, 9.17) is 18.9 Å². The fourth-order valence-corrected chi connectivity index (χ4v) is 3.76. The topological polar surface area (TPSA) is 83.1 Å². The zero-order chi connectivity index (χ0) is 18.6. The molecule has 140 valence electrons. The third kappa shape index (κ3) is 3.92. The van der Waals surface area contributed by atoms with Gasteiger partial charge in [0.15, 0.2) is 11.5 Å². The second-order valence-corrected chi connectivity index (χ2v) is 7.39. The molecule has 8 heteroatoms. The summed E-state index contributed by atoms with van der Waals surface area (Å²) < 4.78 is 49.5. The van der Waals surface area contributed by atoms with Gasteiger partial charge in [0.05, 0.1) is 18.1 Å². The number of hydrogen-bond acceptors (Lipinski definition) is 6. The molecule has 0 amide bonds. The van der Waals surface area contributed by atoms with Crippen LogP contribution in [-0.4, -0.2) is 42.4 Å². The van der Waals surface area contributed by atoms with E-state index in [1.165, 1.54) is 19.2 Å². The van der Waals surface area contributed by atoms with Gasteiger partial charge in [0.25, 0.3) is 0 Å². The zero-order valence-electron chi connectivity index (χ0n) is 14.6. The van der Waals surface area contributed by atoms with Gasteiger partial charge < -0.3 is 18.9 Å². The molecule has 7 nitrogen and oxygen atoms in total. The number of ether oxygens (including phenoxy) is 4. The summed E-state index contributed by atoms with van der Waals surface area (Å²) in [5, 5.41) is 0. The third-order valence-electron chi connectivity index (χ3n) is 4.05. The Hall–Kier alpha value is -2.29. The van der Waals surface area contributed by atoms with E-state index in [1.54, 1.807) is 19.2 Å². The minimum absolute atomic E-state index is 0.0631. The maximum absolute atomic E-state index is 12.6. The van der Waals surface area contributed by atoms with Crippen molar-refractivity contribution in [3.63, 3.8) is 0 Å². The first-order valence-corrected chi connectivity index (χ1v) is 9.58. The molecule has 0 aliphatic carbocycles. The first-order chi connectivity index (χ1) is 12.5. The van der Waals surface area contributed by atoms with Crippen LogP contribution in [0.25, 0.3) is 0 Å². The maximum atomic E-state index is 12.6. The van der Waals surface area contributed by atoms with Crippen molar-refractivity contribution in [1.82, 2.24) is 4.72 Å². The van der Waals surface area contributed by atoms with Gasteiger partial charge in [-0.25, -0.2) is 13.1 Å². The SMILES string of the molecule is COc1ccccc1C(CNS(=O)(=O)c1ccc2c(c1)OCCO2)OC. The van der Waals surface area contributed by atoms with E-state index >= 15 is 0 Å². The molecule has 26 heavy (non-hydrogen) atoms. The number of nitrogens with one attached hydrogen (secondary N) is 1. The standard InChI is InChI=1S/C18H21NO6S/c1-22-15-6-4-3-5-14(15)18(23-2)12-19-26(20,21)13-7-8-16-17(11-13)25-10-9-24-16/h3-8,11,18-19H,9-10,12H2,1-2H3. The minimum atomic E-state index is -3.73.